The molecule has 0 radical (unpaired) electrons. The molecule has 5 nitrogen and oxygen atoms in total. The fourth-order valence-corrected chi connectivity index (χ4v) is 3.10. The van der Waals surface area contributed by atoms with E-state index < -0.39 is 0 Å². The van der Waals surface area contributed by atoms with Gasteiger partial charge in [0.05, 0.1) is 0 Å². The average molecular weight is 332 g/mol. The molecule has 0 amide bonds. The van der Waals surface area contributed by atoms with Crippen LogP contribution in [0.25, 0.3) is 26.9 Å². The molecule has 22 heavy (non-hydrogen) atoms. The maximum absolute atomic E-state index is 14.0. The van der Waals surface area contributed by atoms with Crippen LogP contribution in [0.3, 0.4) is 0 Å². The molecule has 4 aromatic rings. The number of rotatable bonds is 2. The summed E-state index contributed by atoms with van der Waals surface area (Å²) in [7, 11) is 0. The molecule has 1 aromatic carbocycles. The molecule has 0 aliphatic heterocycles. The number of benzene rings is 1. The SMILES string of the molecule is Fc1ccc(Cl)cc1-c1nn2c(-c3ccncc3)nnc2s1. The van der Waals surface area contributed by atoms with Crippen LogP contribution >= 0.6 is 22.9 Å². The van der Waals surface area contributed by atoms with Crippen LogP contribution in [0.4, 0.5) is 4.39 Å². The van der Waals surface area contributed by atoms with E-state index in [9.17, 15) is 4.39 Å². The molecule has 3 aromatic heterocycles. The lowest BCUT2D eigenvalue weighted by Gasteiger charge is -1.99. The topological polar surface area (TPSA) is 56.0 Å². The summed E-state index contributed by atoms with van der Waals surface area (Å²) in [5.74, 6) is 0.210. The van der Waals surface area contributed by atoms with Crippen LogP contribution in [0.15, 0.2) is 42.7 Å². The van der Waals surface area contributed by atoms with Crippen LogP contribution in [0.2, 0.25) is 5.02 Å². The van der Waals surface area contributed by atoms with Gasteiger partial charge in [-0.3, -0.25) is 4.98 Å². The summed E-state index contributed by atoms with van der Waals surface area (Å²) in [6, 6.07) is 8.01. The van der Waals surface area contributed by atoms with Gasteiger partial charge in [0, 0.05) is 28.5 Å². The zero-order valence-corrected chi connectivity index (χ0v) is 12.5. The van der Waals surface area contributed by atoms with Crippen molar-refractivity contribution < 1.29 is 4.39 Å². The van der Waals surface area contributed by atoms with Gasteiger partial charge in [0.1, 0.15) is 5.82 Å². The Labute approximate surface area is 133 Å². The predicted octanol–water partition coefficient (Wildman–Crippen LogP) is 3.71. The van der Waals surface area contributed by atoms with Crippen molar-refractivity contribution in [3.8, 4) is 22.0 Å². The summed E-state index contributed by atoms with van der Waals surface area (Å²) in [6.07, 6.45) is 3.33. The van der Waals surface area contributed by atoms with Gasteiger partial charge < -0.3 is 0 Å². The highest BCUT2D eigenvalue weighted by atomic mass is 35.5. The minimum atomic E-state index is -0.375. The Balaban J connectivity index is 1.89. The average Bonchev–Trinajstić information content (AvgIpc) is 3.10. The maximum atomic E-state index is 14.0. The summed E-state index contributed by atoms with van der Waals surface area (Å²) in [4.78, 5) is 4.55. The fourth-order valence-electron chi connectivity index (χ4n) is 2.07. The monoisotopic (exact) mass is 331 g/mol. The number of pyridine rings is 1. The Hall–Kier alpha value is -2.38. The molecule has 0 unspecified atom stereocenters. The van der Waals surface area contributed by atoms with Crippen LogP contribution in [0, 0.1) is 5.82 Å². The first-order valence-corrected chi connectivity index (χ1v) is 7.50. The minimum Gasteiger partial charge on any atom is -0.265 e. The molecular weight excluding hydrogens is 325 g/mol. The Morgan fingerprint density at radius 3 is 2.73 bits per heavy atom. The molecule has 0 aliphatic rings. The van der Waals surface area contributed by atoms with Gasteiger partial charge in [-0.15, -0.1) is 10.2 Å². The number of nitrogens with zero attached hydrogens (tertiary/aromatic N) is 5. The Kier molecular flexibility index (Phi) is 3.09. The third-order valence-electron chi connectivity index (χ3n) is 3.09. The first-order chi connectivity index (χ1) is 10.7. The van der Waals surface area contributed by atoms with Gasteiger partial charge >= 0.3 is 0 Å². The lowest BCUT2D eigenvalue weighted by atomic mass is 10.2. The molecule has 0 bridgehead atoms. The van der Waals surface area contributed by atoms with Gasteiger partial charge in [0.15, 0.2) is 10.8 Å². The van der Waals surface area contributed by atoms with Crippen LogP contribution in [-0.2, 0) is 0 Å². The third-order valence-corrected chi connectivity index (χ3v) is 4.26. The van der Waals surface area contributed by atoms with Crippen molar-refractivity contribution in [2.45, 2.75) is 0 Å². The van der Waals surface area contributed by atoms with Crippen LogP contribution in [-0.4, -0.2) is 24.8 Å². The summed E-state index contributed by atoms with van der Waals surface area (Å²) >= 11 is 7.19. The fraction of sp³-hybridized carbons (Fsp3) is 0. The van der Waals surface area contributed by atoms with Crippen LogP contribution < -0.4 is 0 Å². The van der Waals surface area contributed by atoms with Crippen molar-refractivity contribution in [2.75, 3.05) is 0 Å². The van der Waals surface area contributed by atoms with E-state index in [1.165, 1.54) is 23.5 Å². The standard InChI is InChI=1S/C14H7ClFN5S/c15-9-1-2-11(16)10(7-9)13-20-21-12(18-19-14(21)22-13)8-3-5-17-6-4-8/h1-7H. The molecule has 0 saturated carbocycles. The highest BCUT2D eigenvalue weighted by Crippen LogP contribution is 2.31. The Morgan fingerprint density at radius 2 is 1.91 bits per heavy atom. The highest BCUT2D eigenvalue weighted by molar-refractivity contribution is 7.19. The molecule has 8 heteroatoms. The van der Waals surface area contributed by atoms with Gasteiger partial charge in [-0.25, -0.2) is 4.39 Å². The molecule has 0 spiro atoms. The third kappa shape index (κ3) is 2.15. The van der Waals surface area contributed by atoms with E-state index in [2.05, 4.69) is 20.3 Å². The second-order valence-corrected chi connectivity index (χ2v) is 5.88. The van der Waals surface area contributed by atoms with Gasteiger partial charge in [-0.1, -0.05) is 22.9 Å². The van der Waals surface area contributed by atoms with E-state index in [1.54, 1.807) is 23.0 Å². The number of fused-ring (bicyclic) bond motifs is 1. The van der Waals surface area contributed by atoms with Gasteiger partial charge in [0.25, 0.3) is 0 Å². The molecule has 0 fully saturated rings. The van der Waals surface area contributed by atoms with E-state index in [0.29, 0.717) is 26.4 Å². The Morgan fingerprint density at radius 1 is 1.09 bits per heavy atom. The quantitative estimate of drug-likeness (QED) is 0.562. The summed E-state index contributed by atoms with van der Waals surface area (Å²) in [5, 5.41) is 13.6. The summed E-state index contributed by atoms with van der Waals surface area (Å²) in [5.41, 5.74) is 1.19. The summed E-state index contributed by atoms with van der Waals surface area (Å²) < 4.78 is 15.6. The highest BCUT2D eigenvalue weighted by Gasteiger charge is 2.16. The molecule has 0 saturated heterocycles. The number of hydrogen-bond acceptors (Lipinski definition) is 5. The van der Waals surface area contributed by atoms with Gasteiger partial charge in [-0.2, -0.15) is 9.61 Å². The van der Waals surface area contributed by atoms with E-state index in [-0.39, 0.29) is 5.82 Å². The van der Waals surface area contributed by atoms with Crippen LogP contribution in [0.5, 0.6) is 0 Å². The molecular formula is C14H7ClFN5S. The van der Waals surface area contributed by atoms with E-state index in [0.717, 1.165) is 5.56 Å². The zero-order chi connectivity index (χ0) is 15.1. The van der Waals surface area contributed by atoms with E-state index >= 15 is 0 Å². The first kappa shape index (κ1) is 13.3. The van der Waals surface area contributed by atoms with Crippen molar-refractivity contribution in [1.82, 2.24) is 24.8 Å². The van der Waals surface area contributed by atoms with Crippen molar-refractivity contribution in [3.63, 3.8) is 0 Å². The minimum absolute atomic E-state index is 0.351. The zero-order valence-electron chi connectivity index (χ0n) is 10.9. The molecule has 108 valence electrons. The van der Waals surface area contributed by atoms with E-state index in [1.807, 2.05) is 12.1 Å². The number of aromatic nitrogens is 5. The van der Waals surface area contributed by atoms with Crippen LogP contribution in [0.1, 0.15) is 0 Å². The second kappa shape index (κ2) is 5.11. The van der Waals surface area contributed by atoms with Gasteiger partial charge in [-0.05, 0) is 30.3 Å². The molecule has 0 N–H and O–H groups in total. The maximum Gasteiger partial charge on any atom is 0.235 e. The molecule has 4 rings (SSSR count). The van der Waals surface area contributed by atoms with E-state index in [4.69, 9.17) is 11.6 Å². The molecule has 0 aliphatic carbocycles. The lowest BCUT2D eigenvalue weighted by Crippen LogP contribution is -1.92. The smallest absolute Gasteiger partial charge is 0.235 e. The molecule has 0 atom stereocenters. The van der Waals surface area contributed by atoms with Crippen molar-refractivity contribution in [3.05, 3.63) is 53.6 Å². The Bertz CT molecular complexity index is 966. The van der Waals surface area contributed by atoms with Gasteiger partial charge in [0.2, 0.25) is 4.96 Å². The molecule has 3 heterocycles. The summed E-state index contributed by atoms with van der Waals surface area (Å²) in [6.45, 7) is 0. The normalized spacial score (nSPS) is 11.2. The second-order valence-electron chi connectivity index (χ2n) is 4.49. The van der Waals surface area contributed by atoms with Crippen molar-refractivity contribution in [1.29, 1.82) is 0 Å². The van der Waals surface area contributed by atoms with Crippen molar-refractivity contribution >= 4 is 27.9 Å². The predicted molar refractivity (Wildman–Crippen MR) is 82.3 cm³/mol. The number of halogens is 2. The number of hydrogen-bond donors (Lipinski definition) is 0. The lowest BCUT2D eigenvalue weighted by molar-refractivity contribution is 0.631. The van der Waals surface area contributed by atoms with Crippen molar-refractivity contribution in [2.24, 2.45) is 0 Å². The largest absolute Gasteiger partial charge is 0.265 e. The first-order valence-electron chi connectivity index (χ1n) is 6.30.